The molecule has 0 fully saturated rings. The van der Waals surface area contributed by atoms with Crippen LogP contribution in [0.2, 0.25) is 5.02 Å². The van der Waals surface area contributed by atoms with Crippen molar-refractivity contribution in [3.05, 3.63) is 47.1 Å². The van der Waals surface area contributed by atoms with Crippen LogP contribution < -0.4 is 0 Å². The maximum absolute atomic E-state index is 5.78. The number of hydrogen-bond acceptors (Lipinski definition) is 2. The Bertz CT molecular complexity index is 495. The van der Waals surface area contributed by atoms with Crippen LogP contribution in [0, 0.1) is 12.3 Å². The van der Waals surface area contributed by atoms with Crippen molar-refractivity contribution < 1.29 is 0 Å². The molecule has 1 heterocycles. The van der Waals surface area contributed by atoms with Crippen LogP contribution in [0.1, 0.15) is 5.69 Å². The summed E-state index contributed by atoms with van der Waals surface area (Å²) in [6.07, 6.45) is 5.19. The molecular weight excluding hydrogens is 208 g/mol. The minimum atomic E-state index is 0.535. The van der Waals surface area contributed by atoms with Crippen LogP contribution in [0.15, 0.2) is 36.4 Å². The van der Waals surface area contributed by atoms with Gasteiger partial charge in [-0.1, -0.05) is 23.7 Å². The minimum absolute atomic E-state index is 0.535. The van der Waals surface area contributed by atoms with Gasteiger partial charge in [-0.3, -0.25) is 0 Å². The van der Waals surface area contributed by atoms with Gasteiger partial charge in [0.2, 0.25) is 0 Å². The van der Waals surface area contributed by atoms with E-state index in [1.165, 1.54) is 0 Å². The van der Waals surface area contributed by atoms with Gasteiger partial charge in [-0.05, 0) is 30.2 Å². The van der Waals surface area contributed by atoms with Crippen molar-refractivity contribution in [2.45, 2.75) is 0 Å². The van der Waals surface area contributed by atoms with E-state index in [2.05, 4.69) is 16.1 Å². The first-order valence-corrected chi connectivity index (χ1v) is 4.73. The van der Waals surface area contributed by atoms with Crippen molar-refractivity contribution in [2.75, 3.05) is 0 Å². The van der Waals surface area contributed by atoms with E-state index in [-0.39, 0.29) is 0 Å². The van der Waals surface area contributed by atoms with Crippen LogP contribution in [0.4, 0.5) is 0 Å². The number of aromatic nitrogens is 2. The Hall–Kier alpha value is -1.85. The summed E-state index contributed by atoms with van der Waals surface area (Å²) >= 11 is 5.78. The van der Waals surface area contributed by atoms with Crippen molar-refractivity contribution >= 4 is 11.6 Å². The monoisotopic (exact) mass is 214 g/mol. The van der Waals surface area contributed by atoms with Gasteiger partial charge in [-0.25, -0.2) is 0 Å². The van der Waals surface area contributed by atoms with E-state index in [4.69, 9.17) is 18.0 Å². The second-order valence-electron chi connectivity index (χ2n) is 2.96. The molecule has 1 aromatic heterocycles. The summed E-state index contributed by atoms with van der Waals surface area (Å²) in [6.45, 7) is 0. The molecule has 0 saturated carbocycles. The maximum atomic E-state index is 5.78. The summed E-state index contributed by atoms with van der Waals surface area (Å²) < 4.78 is 0. The molecule has 0 bridgehead atoms. The van der Waals surface area contributed by atoms with Gasteiger partial charge >= 0.3 is 0 Å². The Balaban J connectivity index is 2.38. The summed E-state index contributed by atoms with van der Waals surface area (Å²) in [7, 11) is 0. The zero-order chi connectivity index (χ0) is 10.7. The molecule has 0 aliphatic rings. The molecule has 2 rings (SSSR count). The lowest BCUT2D eigenvalue weighted by atomic mass is 10.1. The van der Waals surface area contributed by atoms with Gasteiger partial charge in [0.05, 0.1) is 5.69 Å². The summed E-state index contributed by atoms with van der Waals surface area (Å²) in [5.74, 6) is 2.42. The summed E-state index contributed by atoms with van der Waals surface area (Å²) in [4.78, 5) is 0. The fourth-order valence-corrected chi connectivity index (χ4v) is 1.31. The first-order chi connectivity index (χ1) is 7.29. The van der Waals surface area contributed by atoms with E-state index in [1.807, 2.05) is 30.3 Å². The smallest absolute Gasteiger partial charge is 0.135 e. The maximum Gasteiger partial charge on any atom is 0.135 e. The molecule has 0 unspecified atom stereocenters. The Labute approximate surface area is 92.9 Å². The van der Waals surface area contributed by atoms with Crippen LogP contribution >= 0.6 is 11.6 Å². The second-order valence-corrected chi connectivity index (χ2v) is 3.39. The Kier molecular flexibility index (Phi) is 2.66. The fraction of sp³-hybridized carbons (Fsp3) is 0. The van der Waals surface area contributed by atoms with Gasteiger partial charge in [-0.15, -0.1) is 16.6 Å². The van der Waals surface area contributed by atoms with Crippen molar-refractivity contribution in [2.24, 2.45) is 0 Å². The molecule has 0 atom stereocenters. The van der Waals surface area contributed by atoms with Gasteiger partial charge in [0.1, 0.15) is 5.69 Å². The molecule has 15 heavy (non-hydrogen) atoms. The van der Waals surface area contributed by atoms with Crippen molar-refractivity contribution in [1.82, 2.24) is 10.2 Å². The van der Waals surface area contributed by atoms with E-state index in [0.717, 1.165) is 11.3 Å². The molecule has 72 valence electrons. The average Bonchev–Trinajstić information content (AvgIpc) is 2.30. The average molecular weight is 215 g/mol. The van der Waals surface area contributed by atoms with Crippen LogP contribution in [0.25, 0.3) is 11.3 Å². The molecule has 2 aromatic rings. The van der Waals surface area contributed by atoms with E-state index in [9.17, 15) is 0 Å². The van der Waals surface area contributed by atoms with Gasteiger partial charge in [0.25, 0.3) is 0 Å². The summed E-state index contributed by atoms with van der Waals surface area (Å²) in [5.41, 5.74) is 2.29. The predicted octanol–water partition coefficient (Wildman–Crippen LogP) is 2.78. The molecule has 0 saturated heterocycles. The van der Waals surface area contributed by atoms with E-state index < -0.39 is 0 Å². The Morgan fingerprint density at radius 2 is 1.73 bits per heavy atom. The first-order valence-electron chi connectivity index (χ1n) is 4.36. The number of nitrogens with zero attached hydrogens (tertiary/aromatic N) is 2. The van der Waals surface area contributed by atoms with Crippen LogP contribution in [0.5, 0.6) is 0 Å². The molecule has 2 nitrogen and oxygen atoms in total. The zero-order valence-electron chi connectivity index (χ0n) is 7.81. The van der Waals surface area contributed by atoms with Gasteiger partial charge in [-0.2, -0.15) is 0 Å². The molecule has 3 heteroatoms. The molecular formula is C12H7ClN2. The molecule has 0 N–H and O–H groups in total. The third-order valence-electron chi connectivity index (χ3n) is 1.95. The highest BCUT2D eigenvalue weighted by molar-refractivity contribution is 6.30. The fourth-order valence-electron chi connectivity index (χ4n) is 1.18. The van der Waals surface area contributed by atoms with Crippen LogP contribution in [-0.2, 0) is 0 Å². The van der Waals surface area contributed by atoms with E-state index in [1.54, 1.807) is 6.07 Å². The van der Waals surface area contributed by atoms with Gasteiger partial charge < -0.3 is 0 Å². The Morgan fingerprint density at radius 3 is 2.27 bits per heavy atom. The SMILES string of the molecule is C#Cc1ccc(-c2ccc(Cl)cc2)nn1. The van der Waals surface area contributed by atoms with Crippen molar-refractivity contribution in [1.29, 1.82) is 0 Å². The number of hydrogen-bond donors (Lipinski definition) is 0. The molecule has 0 radical (unpaired) electrons. The highest BCUT2D eigenvalue weighted by atomic mass is 35.5. The second kappa shape index (κ2) is 4.12. The summed E-state index contributed by atoms with van der Waals surface area (Å²) in [6, 6.07) is 11.0. The normalized spacial score (nSPS) is 9.60. The zero-order valence-corrected chi connectivity index (χ0v) is 8.57. The minimum Gasteiger partial charge on any atom is -0.149 e. The lowest BCUT2D eigenvalue weighted by Gasteiger charge is -1.99. The third kappa shape index (κ3) is 2.15. The van der Waals surface area contributed by atoms with Gasteiger partial charge in [0.15, 0.2) is 0 Å². The van der Waals surface area contributed by atoms with Crippen molar-refractivity contribution in [3.8, 4) is 23.6 Å². The van der Waals surface area contributed by atoms with Crippen LogP contribution in [0.3, 0.4) is 0 Å². The van der Waals surface area contributed by atoms with E-state index >= 15 is 0 Å². The third-order valence-corrected chi connectivity index (χ3v) is 2.20. The topological polar surface area (TPSA) is 25.8 Å². The standard InChI is InChI=1S/C12H7ClN2/c1-2-11-7-8-12(15-14-11)9-3-5-10(13)6-4-9/h1,3-8H. The molecule has 1 aromatic carbocycles. The number of benzene rings is 1. The lowest BCUT2D eigenvalue weighted by molar-refractivity contribution is 1.02. The van der Waals surface area contributed by atoms with Crippen molar-refractivity contribution in [3.63, 3.8) is 0 Å². The lowest BCUT2D eigenvalue weighted by Crippen LogP contribution is -1.89. The number of halogens is 1. The number of rotatable bonds is 1. The van der Waals surface area contributed by atoms with Gasteiger partial charge in [0, 0.05) is 10.6 Å². The molecule has 0 aliphatic carbocycles. The number of terminal acetylenes is 1. The van der Waals surface area contributed by atoms with Crippen LogP contribution in [-0.4, -0.2) is 10.2 Å². The molecule has 0 amide bonds. The molecule has 0 aliphatic heterocycles. The summed E-state index contributed by atoms with van der Waals surface area (Å²) in [5, 5.41) is 8.59. The largest absolute Gasteiger partial charge is 0.149 e. The highest BCUT2D eigenvalue weighted by Gasteiger charge is 1.99. The van der Waals surface area contributed by atoms with E-state index in [0.29, 0.717) is 10.7 Å². The predicted molar refractivity (Wildman–Crippen MR) is 60.4 cm³/mol. The Morgan fingerprint density at radius 1 is 1.00 bits per heavy atom. The highest BCUT2D eigenvalue weighted by Crippen LogP contribution is 2.18. The molecule has 0 spiro atoms. The quantitative estimate of drug-likeness (QED) is 0.683. The first kappa shape index (κ1) is 9.70.